The summed E-state index contributed by atoms with van der Waals surface area (Å²) in [5.41, 5.74) is 3.64. The van der Waals surface area contributed by atoms with Gasteiger partial charge >= 0.3 is 0 Å². The highest BCUT2D eigenvalue weighted by Crippen LogP contribution is 2.22. The molecule has 0 saturated carbocycles. The molecule has 0 spiro atoms. The number of nitrogens with one attached hydrogen (secondary N) is 1. The van der Waals surface area contributed by atoms with Gasteiger partial charge in [-0.1, -0.05) is 12.1 Å². The average Bonchev–Trinajstić information content (AvgIpc) is 2.79. The molecule has 2 heterocycles. The Morgan fingerprint density at radius 1 is 1.41 bits per heavy atom. The van der Waals surface area contributed by atoms with E-state index in [2.05, 4.69) is 47.7 Å². The zero-order valence-corrected chi connectivity index (χ0v) is 11.3. The van der Waals surface area contributed by atoms with Crippen molar-refractivity contribution in [1.29, 1.82) is 0 Å². The summed E-state index contributed by atoms with van der Waals surface area (Å²) in [5, 5.41) is 5.48. The molecule has 90 valence electrons. The molecular weight excluding hydrogens is 228 g/mol. The summed E-state index contributed by atoms with van der Waals surface area (Å²) in [5.74, 6) is 0. The number of hydrogen-bond donors (Lipinski definition) is 1. The number of nitrogens with zero attached hydrogens (tertiary/aromatic N) is 1. The Kier molecular flexibility index (Phi) is 3.92. The van der Waals surface area contributed by atoms with Gasteiger partial charge in [-0.15, -0.1) is 11.3 Å². The molecule has 2 aromatic rings. The van der Waals surface area contributed by atoms with Gasteiger partial charge in [0.2, 0.25) is 0 Å². The lowest BCUT2D eigenvalue weighted by Crippen LogP contribution is -2.20. The summed E-state index contributed by atoms with van der Waals surface area (Å²) in [6, 6.07) is 6.77. The second-order valence-corrected chi connectivity index (χ2v) is 5.37. The van der Waals surface area contributed by atoms with Gasteiger partial charge in [0.1, 0.15) is 0 Å². The molecule has 0 amide bonds. The van der Waals surface area contributed by atoms with Crippen molar-refractivity contribution in [3.05, 3.63) is 51.5 Å². The van der Waals surface area contributed by atoms with Gasteiger partial charge in [-0.3, -0.25) is 4.98 Å². The lowest BCUT2D eigenvalue weighted by Gasteiger charge is -2.17. The van der Waals surface area contributed by atoms with Crippen molar-refractivity contribution in [2.24, 2.45) is 0 Å². The maximum absolute atomic E-state index is 4.57. The molecule has 1 unspecified atom stereocenters. The standard InChI is InChI=1S/C14H18N2S/c1-10-7-11(2)14(16-9-10)13(15-3)8-12-5-4-6-17-12/h4-7,9,13,15H,8H2,1-3H3. The second kappa shape index (κ2) is 5.43. The molecule has 0 aromatic carbocycles. The average molecular weight is 246 g/mol. The van der Waals surface area contributed by atoms with Gasteiger partial charge in [-0.25, -0.2) is 0 Å². The lowest BCUT2D eigenvalue weighted by molar-refractivity contribution is 0.576. The smallest absolute Gasteiger partial charge is 0.0606 e. The van der Waals surface area contributed by atoms with E-state index in [0.29, 0.717) is 6.04 Å². The number of thiophene rings is 1. The van der Waals surface area contributed by atoms with Gasteiger partial charge in [0.25, 0.3) is 0 Å². The zero-order chi connectivity index (χ0) is 12.3. The summed E-state index contributed by atoms with van der Waals surface area (Å²) in [6.07, 6.45) is 2.95. The highest BCUT2D eigenvalue weighted by molar-refractivity contribution is 7.09. The molecule has 17 heavy (non-hydrogen) atoms. The van der Waals surface area contributed by atoms with Crippen LogP contribution in [-0.4, -0.2) is 12.0 Å². The van der Waals surface area contributed by atoms with Crippen LogP contribution in [0.25, 0.3) is 0 Å². The van der Waals surface area contributed by atoms with Crippen molar-refractivity contribution in [2.75, 3.05) is 7.05 Å². The van der Waals surface area contributed by atoms with Crippen LogP contribution < -0.4 is 5.32 Å². The van der Waals surface area contributed by atoms with Crippen molar-refractivity contribution in [3.63, 3.8) is 0 Å². The van der Waals surface area contributed by atoms with Crippen LogP contribution in [0.5, 0.6) is 0 Å². The minimum absolute atomic E-state index is 0.300. The van der Waals surface area contributed by atoms with Gasteiger partial charge in [0, 0.05) is 17.5 Å². The van der Waals surface area contributed by atoms with Crippen LogP contribution in [0.4, 0.5) is 0 Å². The Morgan fingerprint density at radius 3 is 2.82 bits per heavy atom. The maximum Gasteiger partial charge on any atom is 0.0606 e. The van der Waals surface area contributed by atoms with Crippen molar-refractivity contribution in [2.45, 2.75) is 26.3 Å². The molecule has 3 heteroatoms. The van der Waals surface area contributed by atoms with E-state index < -0.39 is 0 Å². The fraction of sp³-hybridized carbons (Fsp3) is 0.357. The van der Waals surface area contributed by atoms with Gasteiger partial charge in [0.05, 0.1) is 11.7 Å². The summed E-state index contributed by atoms with van der Waals surface area (Å²) in [7, 11) is 2.00. The molecule has 0 saturated heterocycles. The summed E-state index contributed by atoms with van der Waals surface area (Å²) in [4.78, 5) is 5.97. The molecule has 0 radical (unpaired) electrons. The summed E-state index contributed by atoms with van der Waals surface area (Å²) >= 11 is 1.80. The Hall–Kier alpha value is -1.19. The normalized spacial score (nSPS) is 12.6. The minimum Gasteiger partial charge on any atom is -0.311 e. The Bertz CT molecular complexity index is 477. The summed E-state index contributed by atoms with van der Waals surface area (Å²) in [6.45, 7) is 4.21. The molecule has 2 nitrogen and oxygen atoms in total. The molecule has 0 bridgehead atoms. The number of likely N-dealkylation sites (N-methyl/N-ethyl adjacent to an activating group) is 1. The SMILES string of the molecule is CNC(Cc1cccs1)c1ncc(C)cc1C. The molecule has 2 aromatic heterocycles. The van der Waals surface area contributed by atoms with Crippen LogP contribution in [-0.2, 0) is 6.42 Å². The van der Waals surface area contributed by atoms with E-state index in [0.717, 1.165) is 12.1 Å². The largest absolute Gasteiger partial charge is 0.311 e. The Morgan fingerprint density at radius 2 is 2.24 bits per heavy atom. The number of pyridine rings is 1. The van der Waals surface area contributed by atoms with Crippen molar-refractivity contribution < 1.29 is 0 Å². The van der Waals surface area contributed by atoms with Crippen LogP contribution in [0.1, 0.15) is 27.7 Å². The van der Waals surface area contributed by atoms with E-state index in [4.69, 9.17) is 0 Å². The van der Waals surface area contributed by atoms with E-state index in [1.165, 1.54) is 16.0 Å². The number of aryl methyl sites for hydroxylation is 2. The van der Waals surface area contributed by atoms with E-state index in [1.807, 2.05) is 13.2 Å². The quantitative estimate of drug-likeness (QED) is 0.895. The van der Waals surface area contributed by atoms with Crippen molar-refractivity contribution in [3.8, 4) is 0 Å². The van der Waals surface area contributed by atoms with E-state index >= 15 is 0 Å². The molecule has 1 N–H and O–H groups in total. The summed E-state index contributed by atoms with van der Waals surface area (Å²) < 4.78 is 0. The zero-order valence-electron chi connectivity index (χ0n) is 10.5. The number of rotatable bonds is 4. The highest BCUT2D eigenvalue weighted by atomic mass is 32.1. The van der Waals surface area contributed by atoms with Crippen LogP contribution >= 0.6 is 11.3 Å². The fourth-order valence-corrected chi connectivity index (χ4v) is 2.81. The maximum atomic E-state index is 4.57. The molecule has 0 aliphatic heterocycles. The molecule has 2 rings (SSSR count). The van der Waals surface area contributed by atoms with Gasteiger partial charge in [0.15, 0.2) is 0 Å². The topological polar surface area (TPSA) is 24.9 Å². The first-order valence-corrected chi connectivity index (χ1v) is 6.71. The first-order chi connectivity index (χ1) is 8.20. The second-order valence-electron chi connectivity index (χ2n) is 4.34. The van der Waals surface area contributed by atoms with Gasteiger partial charge < -0.3 is 5.32 Å². The molecular formula is C14H18N2S. The first kappa shape index (κ1) is 12.3. The Balaban J connectivity index is 2.23. The molecule has 0 aliphatic carbocycles. The van der Waals surface area contributed by atoms with Crippen molar-refractivity contribution in [1.82, 2.24) is 10.3 Å². The molecule has 0 fully saturated rings. The first-order valence-electron chi connectivity index (χ1n) is 5.83. The minimum atomic E-state index is 0.300. The van der Waals surface area contributed by atoms with Crippen LogP contribution in [0, 0.1) is 13.8 Å². The van der Waals surface area contributed by atoms with Gasteiger partial charge in [-0.2, -0.15) is 0 Å². The third-order valence-electron chi connectivity index (χ3n) is 2.92. The Labute approximate surface area is 107 Å². The number of hydrogen-bond acceptors (Lipinski definition) is 3. The highest BCUT2D eigenvalue weighted by Gasteiger charge is 2.14. The predicted molar refractivity (Wildman–Crippen MR) is 73.5 cm³/mol. The van der Waals surface area contributed by atoms with Crippen LogP contribution in [0.3, 0.4) is 0 Å². The van der Waals surface area contributed by atoms with Crippen molar-refractivity contribution >= 4 is 11.3 Å². The van der Waals surface area contributed by atoms with Crippen LogP contribution in [0.2, 0.25) is 0 Å². The third-order valence-corrected chi connectivity index (χ3v) is 3.82. The van der Waals surface area contributed by atoms with Gasteiger partial charge in [-0.05, 0) is 43.5 Å². The molecule has 1 atom stereocenters. The monoisotopic (exact) mass is 246 g/mol. The molecule has 0 aliphatic rings. The van der Waals surface area contributed by atoms with E-state index in [1.54, 1.807) is 11.3 Å². The number of aromatic nitrogens is 1. The predicted octanol–water partition coefficient (Wildman–Crippen LogP) is 3.26. The van der Waals surface area contributed by atoms with E-state index in [9.17, 15) is 0 Å². The lowest BCUT2D eigenvalue weighted by atomic mass is 10.0. The third kappa shape index (κ3) is 2.93. The van der Waals surface area contributed by atoms with E-state index in [-0.39, 0.29) is 0 Å². The fourth-order valence-electron chi connectivity index (χ4n) is 2.06. The van der Waals surface area contributed by atoms with Crippen LogP contribution in [0.15, 0.2) is 29.8 Å².